The summed E-state index contributed by atoms with van der Waals surface area (Å²) in [4.78, 5) is 10.9. The van der Waals surface area contributed by atoms with E-state index in [0.717, 1.165) is 11.3 Å². The van der Waals surface area contributed by atoms with E-state index in [1.165, 1.54) is 0 Å². The largest absolute Gasteiger partial charge is 0.496 e. The van der Waals surface area contributed by atoms with Crippen LogP contribution in [0.4, 0.5) is 0 Å². The lowest BCUT2D eigenvalue weighted by Gasteiger charge is -2.08. The maximum atomic E-state index is 10.9. The number of carboxylic acids is 1. The molecule has 0 amide bonds. The van der Waals surface area contributed by atoms with Gasteiger partial charge in [-0.05, 0) is 13.0 Å². The van der Waals surface area contributed by atoms with Crippen molar-refractivity contribution in [3.63, 3.8) is 0 Å². The highest BCUT2D eigenvalue weighted by Crippen LogP contribution is 2.19. The number of hydrogen-bond donors (Lipinski definition) is 1. The van der Waals surface area contributed by atoms with E-state index in [9.17, 15) is 4.79 Å². The Labute approximate surface area is 104 Å². The van der Waals surface area contributed by atoms with Gasteiger partial charge in [-0.25, -0.2) is 9.48 Å². The third-order valence-electron chi connectivity index (χ3n) is 2.70. The van der Waals surface area contributed by atoms with Gasteiger partial charge in [0.1, 0.15) is 5.75 Å². The maximum absolute atomic E-state index is 10.9. The van der Waals surface area contributed by atoms with Crippen LogP contribution in [0.3, 0.4) is 0 Å². The van der Waals surface area contributed by atoms with Gasteiger partial charge in [0, 0.05) is 5.56 Å². The quantitative estimate of drug-likeness (QED) is 0.882. The second-order valence-corrected chi connectivity index (χ2v) is 3.80. The van der Waals surface area contributed by atoms with Gasteiger partial charge in [-0.15, -0.1) is 5.10 Å². The number of aromatic carboxylic acids is 1. The van der Waals surface area contributed by atoms with Gasteiger partial charge < -0.3 is 9.84 Å². The number of rotatable bonds is 4. The van der Waals surface area contributed by atoms with Crippen LogP contribution in [0.2, 0.25) is 0 Å². The molecule has 94 valence electrons. The van der Waals surface area contributed by atoms with E-state index < -0.39 is 5.97 Å². The predicted molar refractivity (Wildman–Crippen MR) is 63.8 cm³/mol. The van der Waals surface area contributed by atoms with Gasteiger partial charge in [-0.3, -0.25) is 0 Å². The fourth-order valence-electron chi connectivity index (χ4n) is 1.70. The topological polar surface area (TPSA) is 77.2 Å². The van der Waals surface area contributed by atoms with Crippen molar-refractivity contribution in [2.45, 2.75) is 13.5 Å². The van der Waals surface area contributed by atoms with E-state index in [0.29, 0.717) is 12.2 Å². The minimum atomic E-state index is -1.07. The number of nitrogens with zero attached hydrogens (tertiary/aromatic N) is 3. The molecule has 0 saturated carbocycles. The Bertz CT molecular complexity index is 578. The van der Waals surface area contributed by atoms with Gasteiger partial charge in [-0.2, -0.15) is 0 Å². The molecule has 0 aliphatic rings. The number of methoxy groups -OCH3 is 1. The van der Waals surface area contributed by atoms with Gasteiger partial charge in [-0.1, -0.05) is 23.4 Å². The molecule has 0 unspecified atom stereocenters. The molecule has 1 aromatic carbocycles. The van der Waals surface area contributed by atoms with Crippen molar-refractivity contribution in [1.82, 2.24) is 15.0 Å². The third-order valence-corrected chi connectivity index (χ3v) is 2.70. The number of benzene rings is 1. The van der Waals surface area contributed by atoms with Crippen molar-refractivity contribution >= 4 is 5.97 Å². The van der Waals surface area contributed by atoms with Crippen LogP contribution >= 0.6 is 0 Å². The zero-order valence-electron chi connectivity index (χ0n) is 10.1. The van der Waals surface area contributed by atoms with E-state index in [4.69, 9.17) is 9.84 Å². The van der Waals surface area contributed by atoms with Crippen LogP contribution in [0.5, 0.6) is 5.75 Å². The lowest BCUT2D eigenvalue weighted by Crippen LogP contribution is -2.06. The van der Waals surface area contributed by atoms with Crippen LogP contribution in [0, 0.1) is 6.92 Å². The summed E-state index contributed by atoms with van der Waals surface area (Å²) in [5.41, 5.74) is 1.42. The Balaban J connectivity index is 2.32. The Kier molecular flexibility index (Phi) is 3.27. The fourth-order valence-corrected chi connectivity index (χ4v) is 1.70. The highest BCUT2D eigenvalue weighted by Gasteiger charge is 2.15. The number of ether oxygens (including phenoxy) is 1. The Hall–Kier alpha value is -2.37. The number of carboxylic acid groups (broad SMARTS) is 1. The molecule has 0 saturated heterocycles. The summed E-state index contributed by atoms with van der Waals surface area (Å²) in [5.74, 6) is -0.331. The van der Waals surface area contributed by atoms with Gasteiger partial charge in [0.25, 0.3) is 0 Å². The summed E-state index contributed by atoms with van der Waals surface area (Å²) < 4.78 is 6.78. The average molecular weight is 247 g/mol. The second-order valence-electron chi connectivity index (χ2n) is 3.80. The van der Waals surface area contributed by atoms with Crippen molar-refractivity contribution in [2.75, 3.05) is 7.11 Å². The Morgan fingerprint density at radius 2 is 2.17 bits per heavy atom. The first kappa shape index (κ1) is 12.1. The molecule has 2 aromatic rings. The van der Waals surface area contributed by atoms with Gasteiger partial charge >= 0.3 is 5.97 Å². The zero-order chi connectivity index (χ0) is 13.1. The maximum Gasteiger partial charge on any atom is 0.358 e. The number of carbonyl (C=O) groups is 1. The molecular weight excluding hydrogens is 234 g/mol. The molecule has 0 fully saturated rings. The smallest absolute Gasteiger partial charge is 0.358 e. The van der Waals surface area contributed by atoms with Crippen molar-refractivity contribution in [2.24, 2.45) is 0 Å². The number of hydrogen-bond acceptors (Lipinski definition) is 4. The lowest BCUT2D eigenvalue weighted by molar-refractivity contribution is 0.0689. The first-order valence-electron chi connectivity index (χ1n) is 5.38. The standard InChI is InChI=1S/C12H13N3O3/c1-8-11(12(16)17)13-14-15(8)7-9-5-3-4-6-10(9)18-2/h3-6H,7H2,1-2H3,(H,16,17). The summed E-state index contributed by atoms with van der Waals surface area (Å²) >= 11 is 0. The fraction of sp³-hybridized carbons (Fsp3) is 0.250. The molecule has 2 rings (SSSR count). The van der Waals surface area contributed by atoms with Crippen LogP contribution in [0.1, 0.15) is 21.7 Å². The Morgan fingerprint density at radius 3 is 2.78 bits per heavy atom. The lowest BCUT2D eigenvalue weighted by atomic mass is 10.2. The van der Waals surface area contributed by atoms with Gasteiger partial charge in [0.15, 0.2) is 5.69 Å². The summed E-state index contributed by atoms with van der Waals surface area (Å²) in [6, 6.07) is 7.52. The molecule has 1 N–H and O–H groups in total. The monoisotopic (exact) mass is 247 g/mol. The summed E-state index contributed by atoms with van der Waals surface area (Å²) in [6.07, 6.45) is 0. The summed E-state index contributed by atoms with van der Waals surface area (Å²) in [7, 11) is 1.59. The van der Waals surface area contributed by atoms with E-state index in [1.54, 1.807) is 18.7 Å². The SMILES string of the molecule is COc1ccccc1Cn1nnc(C(=O)O)c1C. The third kappa shape index (κ3) is 2.17. The molecule has 1 heterocycles. The van der Waals surface area contributed by atoms with Crippen LogP contribution < -0.4 is 4.74 Å². The minimum Gasteiger partial charge on any atom is -0.496 e. The van der Waals surface area contributed by atoms with E-state index in [2.05, 4.69) is 10.3 Å². The summed E-state index contributed by atoms with van der Waals surface area (Å²) in [6.45, 7) is 2.11. The van der Waals surface area contributed by atoms with Crippen molar-refractivity contribution in [3.05, 3.63) is 41.2 Å². The van der Waals surface area contributed by atoms with Crippen LogP contribution in [0.25, 0.3) is 0 Å². The molecule has 0 aliphatic carbocycles. The van der Waals surface area contributed by atoms with Crippen LogP contribution in [-0.2, 0) is 6.54 Å². The molecular formula is C12H13N3O3. The molecule has 0 aliphatic heterocycles. The average Bonchev–Trinajstić information content (AvgIpc) is 2.72. The molecule has 6 heteroatoms. The number of para-hydroxylation sites is 1. The number of aromatic nitrogens is 3. The zero-order valence-corrected chi connectivity index (χ0v) is 10.1. The minimum absolute atomic E-state index is 0.0232. The first-order valence-corrected chi connectivity index (χ1v) is 5.38. The highest BCUT2D eigenvalue weighted by atomic mass is 16.5. The van der Waals surface area contributed by atoms with Crippen molar-refractivity contribution < 1.29 is 14.6 Å². The highest BCUT2D eigenvalue weighted by molar-refractivity contribution is 5.86. The van der Waals surface area contributed by atoms with E-state index in [-0.39, 0.29) is 5.69 Å². The molecule has 0 spiro atoms. The molecule has 1 aromatic heterocycles. The van der Waals surface area contributed by atoms with Gasteiger partial charge in [0.05, 0.1) is 19.3 Å². The van der Waals surface area contributed by atoms with Crippen molar-refractivity contribution in [3.8, 4) is 5.75 Å². The molecule has 0 bridgehead atoms. The molecule has 0 radical (unpaired) electrons. The Morgan fingerprint density at radius 1 is 1.44 bits per heavy atom. The van der Waals surface area contributed by atoms with E-state index in [1.807, 2.05) is 24.3 Å². The van der Waals surface area contributed by atoms with Crippen molar-refractivity contribution in [1.29, 1.82) is 0 Å². The normalized spacial score (nSPS) is 10.3. The molecule has 0 atom stereocenters. The molecule has 6 nitrogen and oxygen atoms in total. The molecule has 18 heavy (non-hydrogen) atoms. The second kappa shape index (κ2) is 4.87. The van der Waals surface area contributed by atoms with Crippen LogP contribution in [0.15, 0.2) is 24.3 Å². The summed E-state index contributed by atoms with van der Waals surface area (Å²) in [5, 5.41) is 16.4. The van der Waals surface area contributed by atoms with Gasteiger partial charge in [0.2, 0.25) is 0 Å². The van der Waals surface area contributed by atoms with Crippen LogP contribution in [-0.4, -0.2) is 33.2 Å². The predicted octanol–water partition coefficient (Wildman–Crippen LogP) is 1.34. The van der Waals surface area contributed by atoms with E-state index >= 15 is 0 Å². The first-order chi connectivity index (χ1) is 8.63.